The minimum Gasteiger partial charge on any atom is -0.391 e. The summed E-state index contributed by atoms with van der Waals surface area (Å²) < 4.78 is 0. The Balaban J connectivity index is 2.66. The van der Waals surface area contributed by atoms with Crippen molar-refractivity contribution in [2.24, 2.45) is 34.6 Å². The Morgan fingerprint density at radius 2 is 1.02 bits per heavy atom. The third-order valence-corrected chi connectivity index (χ3v) is 14.0. The molecule has 1 fully saturated rings. The van der Waals surface area contributed by atoms with E-state index in [1.807, 2.05) is 0 Å². The van der Waals surface area contributed by atoms with Gasteiger partial charge in [0.2, 0.25) is 65.0 Å². The van der Waals surface area contributed by atoms with Crippen molar-refractivity contribution in [2.75, 3.05) is 39.3 Å². The average molecular weight is 1190 g/mol. The molecule has 30 heteroatoms. The first kappa shape index (κ1) is 73.2. The van der Waals surface area contributed by atoms with Gasteiger partial charge in [0.05, 0.1) is 18.3 Å². The van der Waals surface area contributed by atoms with Crippen molar-refractivity contribution in [3.8, 4) is 0 Å². The summed E-state index contributed by atoms with van der Waals surface area (Å²) in [6.45, 7) is 6.39. The summed E-state index contributed by atoms with van der Waals surface area (Å²) in [7, 11) is 0. The second-order valence-corrected chi connectivity index (χ2v) is 21.1. The molecule has 0 spiro atoms. The van der Waals surface area contributed by atoms with Crippen molar-refractivity contribution in [3.63, 3.8) is 0 Å². The largest absolute Gasteiger partial charge is 0.391 e. The van der Waals surface area contributed by atoms with Crippen LogP contribution in [0.1, 0.15) is 111 Å². The molecule has 1 aromatic rings. The van der Waals surface area contributed by atoms with Crippen LogP contribution in [0, 0.1) is 5.92 Å². The molecule has 474 valence electrons. The molecule has 0 aliphatic carbocycles. The Bertz CT molecular complexity index is 2300. The van der Waals surface area contributed by atoms with E-state index in [1.165, 1.54) is 20.8 Å². The van der Waals surface area contributed by atoms with Gasteiger partial charge in [-0.15, -0.1) is 0 Å². The van der Waals surface area contributed by atoms with E-state index < -0.39 is 157 Å². The molecule has 1 heterocycles. The van der Waals surface area contributed by atoms with E-state index in [1.54, 1.807) is 30.3 Å². The van der Waals surface area contributed by atoms with Gasteiger partial charge in [-0.3, -0.25) is 52.7 Å². The number of aliphatic hydroxyl groups is 3. The van der Waals surface area contributed by atoms with Crippen LogP contribution in [0.2, 0.25) is 0 Å². The average Bonchev–Trinajstić information content (AvgIpc) is 3.67. The zero-order valence-electron chi connectivity index (χ0n) is 48.9. The Morgan fingerprint density at radius 3 is 1.52 bits per heavy atom. The third-order valence-electron chi connectivity index (χ3n) is 14.0. The van der Waals surface area contributed by atoms with Crippen molar-refractivity contribution >= 4 is 65.0 Å². The monoisotopic (exact) mass is 1190 g/mol. The third kappa shape index (κ3) is 25.5. The van der Waals surface area contributed by atoms with Gasteiger partial charge in [-0.2, -0.15) is 0 Å². The molecule has 84 heavy (non-hydrogen) atoms. The molecule has 0 radical (unpaired) electrons. The summed E-state index contributed by atoms with van der Waals surface area (Å²) in [5.74, 6) is -9.99. The van der Waals surface area contributed by atoms with E-state index in [0.717, 1.165) is 19.3 Å². The Morgan fingerprint density at radius 1 is 0.548 bits per heavy atom. The van der Waals surface area contributed by atoms with Crippen LogP contribution in [0.5, 0.6) is 0 Å². The van der Waals surface area contributed by atoms with Crippen LogP contribution in [-0.4, -0.2) is 198 Å². The van der Waals surface area contributed by atoms with Crippen LogP contribution >= 0.6 is 0 Å². The molecule has 30 nitrogen and oxygen atoms in total. The van der Waals surface area contributed by atoms with Gasteiger partial charge < -0.3 is 102 Å². The highest BCUT2D eigenvalue weighted by molar-refractivity contribution is 5.99. The maximum Gasteiger partial charge on any atom is 0.245 e. The number of nitrogens with two attached hydrogens (primary N) is 5. The topological polar surface area (TPSA) is 511 Å². The van der Waals surface area contributed by atoms with Crippen molar-refractivity contribution in [3.05, 3.63) is 35.9 Å². The van der Waals surface area contributed by atoms with Crippen LogP contribution in [0.25, 0.3) is 0 Å². The lowest BCUT2D eigenvalue weighted by atomic mass is 10.0. The molecule has 1 aromatic carbocycles. The van der Waals surface area contributed by atoms with Crippen molar-refractivity contribution < 1.29 is 68.1 Å². The van der Waals surface area contributed by atoms with Gasteiger partial charge in [-0.25, -0.2) is 0 Å². The van der Waals surface area contributed by atoms with Gasteiger partial charge >= 0.3 is 0 Å². The second-order valence-electron chi connectivity index (χ2n) is 21.1. The quantitative estimate of drug-likeness (QED) is 0.0347. The minimum absolute atomic E-state index is 0.0257. The minimum atomic E-state index is -1.77. The van der Waals surface area contributed by atoms with E-state index in [-0.39, 0.29) is 77.7 Å². The van der Waals surface area contributed by atoms with E-state index >= 15 is 0 Å². The number of carbonyl (C=O) groups excluding carboxylic acids is 11. The molecule has 0 saturated carbocycles. The number of rotatable bonds is 28. The fraction of sp³-hybridized carbons (Fsp3) is 0.685. The predicted octanol–water partition coefficient (Wildman–Crippen LogP) is -6.91. The lowest BCUT2D eigenvalue weighted by Crippen LogP contribution is -2.62. The van der Waals surface area contributed by atoms with Crippen LogP contribution < -0.4 is 87.2 Å². The summed E-state index contributed by atoms with van der Waals surface area (Å²) >= 11 is 0. The summed E-state index contributed by atoms with van der Waals surface area (Å²) in [4.78, 5) is 153. The number of hydrogen-bond donors (Lipinski definition) is 19. The Kier molecular flexibility index (Phi) is 33.8. The number of benzene rings is 1. The summed E-state index contributed by atoms with van der Waals surface area (Å²) in [6, 6.07) is -7.36. The van der Waals surface area contributed by atoms with E-state index in [2.05, 4.69) is 72.3 Å². The molecular weight excluding hydrogens is 1100 g/mol. The summed E-state index contributed by atoms with van der Waals surface area (Å²) in [6.07, 6.45) is -3.08. The van der Waals surface area contributed by atoms with E-state index in [0.29, 0.717) is 17.9 Å². The fourth-order valence-electron chi connectivity index (χ4n) is 8.79. The van der Waals surface area contributed by atoms with Gasteiger partial charge in [0.1, 0.15) is 60.4 Å². The van der Waals surface area contributed by atoms with Crippen LogP contribution in [0.4, 0.5) is 0 Å². The molecule has 1 aliphatic heterocycles. The molecule has 0 aromatic heterocycles. The molecule has 1 saturated heterocycles. The number of carbonyl (C=O) groups is 11. The van der Waals surface area contributed by atoms with Gasteiger partial charge in [0.15, 0.2) is 0 Å². The van der Waals surface area contributed by atoms with Crippen molar-refractivity contribution in [2.45, 2.75) is 190 Å². The van der Waals surface area contributed by atoms with Crippen LogP contribution in [-0.2, 0) is 59.2 Å². The van der Waals surface area contributed by atoms with E-state index in [9.17, 15) is 68.1 Å². The molecule has 14 atom stereocenters. The molecular formula is C54H94N16O14. The number of hydrogen-bond acceptors (Lipinski definition) is 19. The molecule has 24 N–H and O–H groups in total. The van der Waals surface area contributed by atoms with Gasteiger partial charge in [0, 0.05) is 19.4 Å². The highest BCUT2D eigenvalue weighted by Crippen LogP contribution is 2.13. The molecule has 1 aliphatic rings. The van der Waals surface area contributed by atoms with Gasteiger partial charge in [-0.1, -0.05) is 63.4 Å². The van der Waals surface area contributed by atoms with E-state index in [4.69, 9.17) is 28.7 Å². The molecule has 11 amide bonds. The highest BCUT2D eigenvalue weighted by atomic mass is 16.3. The molecule has 2 rings (SSSR count). The smallest absolute Gasteiger partial charge is 0.245 e. The number of unbranched alkanes of at least 4 members (excludes halogenated alkanes) is 1. The summed E-state index contributed by atoms with van der Waals surface area (Å²) in [5.41, 5.74) is 29.7. The number of aliphatic hydroxyl groups excluding tert-OH is 3. The highest BCUT2D eigenvalue weighted by Gasteiger charge is 2.38. The maximum absolute atomic E-state index is 14.5. The molecule has 0 unspecified atom stereocenters. The SMILES string of the molecule is CC[C@H](C)CCCCC(=O)N[C@@H](CCN)C(=O)N[C@H](C(=O)N[C@H](CCN)C(=O)N[C@H]1CCNC(=O)[C@H]([C@@H](C)O)NC(=O)[C@H](CCN)NC(=O)[C@H](CCN)NC(=O)[C@H]([C@@H](C)O)NC(=O)[C@H](Cc2ccccc2)NC(=O)[C@H](CCN)NC1=O)[C@@H](C)O. The van der Waals surface area contributed by atoms with Crippen LogP contribution in [0.15, 0.2) is 30.3 Å². The second kappa shape index (κ2) is 38.8. The lowest BCUT2D eigenvalue weighted by molar-refractivity contribution is -0.137. The summed E-state index contributed by atoms with van der Waals surface area (Å²) in [5, 5.41) is 59.6. The number of nitrogens with one attached hydrogen (secondary N) is 11. The first-order valence-corrected chi connectivity index (χ1v) is 28.7. The maximum atomic E-state index is 14.5. The number of amides is 11. The molecule has 0 bridgehead atoms. The zero-order chi connectivity index (χ0) is 63.1. The first-order chi connectivity index (χ1) is 39.8. The predicted molar refractivity (Wildman–Crippen MR) is 308 cm³/mol. The standard InChI is InChI=1S/C54H94N16O14/c1-6-29(2)12-10-11-15-41(74)61-34(16-22-55)49(79)69-43(31(4)72)53(83)66-37(19-25-58)46(76)64-39-21-27-60-52(82)42(30(3)71)68-50(80)38(20-26-59)63-45(75)36(18-24-57)65-54(84)44(32(5)73)70-51(81)40(28-33-13-8-7-9-14-33)67-47(77)35(17-23-56)62-48(39)78/h7-9,13-14,29-32,34-40,42-44,71-73H,6,10-12,15-28,55-59H2,1-5H3,(H,60,82)(H,61,74)(H,62,78)(H,63,75)(H,64,76)(H,65,84)(H,66,83)(H,67,77)(H,68,80)(H,69,79)(H,70,81)/t29-,30+,31+,32+,34-,35-,36-,37+,38-,39-,40-,42-,43-,44-/m0/s1. The Hall–Kier alpha value is -6.93. The lowest BCUT2D eigenvalue weighted by Gasteiger charge is -2.29. The van der Waals surface area contributed by atoms with Crippen LogP contribution in [0.3, 0.4) is 0 Å². The van der Waals surface area contributed by atoms with Gasteiger partial charge in [-0.05, 0) is 110 Å². The fourth-order valence-corrected chi connectivity index (χ4v) is 8.79. The van der Waals surface area contributed by atoms with Gasteiger partial charge in [0.25, 0.3) is 0 Å². The normalized spacial score (nSPS) is 23.3. The zero-order valence-corrected chi connectivity index (χ0v) is 48.9. The Labute approximate surface area is 490 Å². The first-order valence-electron chi connectivity index (χ1n) is 28.7. The van der Waals surface area contributed by atoms with Crippen molar-refractivity contribution in [1.29, 1.82) is 0 Å². The van der Waals surface area contributed by atoms with Crippen molar-refractivity contribution in [1.82, 2.24) is 58.5 Å².